The summed E-state index contributed by atoms with van der Waals surface area (Å²) in [6.07, 6.45) is 12.1. The van der Waals surface area contributed by atoms with E-state index in [0.717, 1.165) is 43.6 Å². The molecule has 7 nitrogen and oxygen atoms in total. The molecular weight excluding hydrogens is 316 g/mol. The SMILES string of the molecule is c1cnc(N2CCC(NCc3nc(C4CCCCC4)no3)CC2)nc1. The first-order valence-corrected chi connectivity index (χ1v) is 9.46. The Labute approximate surface area is 148 Å². The number of hydrogen-bond acceptors (Lipinski definition) is 7. The zero-order valence-corrected chi connectivity index (χ0v) is 14.6. The van der Waals surface area contributed by atoms with Crippen LogP contribution in [0.1, 0.15) is 62.6 Å². The Balaban J connectivity index is 1.24. The summed E-state index contributed by atoms with van der Waals surface area (Å²) in [4.78, 5) is 15.5. The molecule has 25 heavy (non-hydrogen) atoms. The Kier molecular flexibility index (Phi) is 5.20. The average Bonchev–Trinajstić information content (AvgIpc) is 3.17. The first-order valence-electron chi connectivity index (χ1n) is 9.46. The van der Waals surface area contributed by atoms with Gasteiger partial charge in [0.1, 0.15) is 0 Å². The van der Waals surface area contributed by atoms with Crippen molar-refractivity contribution in [2.45, 2.75) is 63.5 Å². The van der Waals surface area contributed by atoms with Gasteiger partial charge >= 0.3 is 0 Å². The monoisotopic (exact) mass is 342 g/mol. The zero-order valence-electron chi connectivity index (χ0n) is 14.6. The van der Waals surface area contributed by atoms with Crippen LogP contribution in [0.3, 0.4) is 0 Å². The summed E-state index contributed by atoms with van der Waals surface area (Å²) in [5, 5.41) is 7.77. The van der Waals surface area contributed by atoms with Crippen LogP contribution in [0.4, 0.5) is 5.95 Å². The topological polar surface area (TPSA) is 80.0 Å². The van der Waals surface area contributed by atoms with Crippen molar-refractivity contribution in [2.24, 2.45) is 0 Å². The molecule has 0 aromatic carbocycles. The lowest BCUT2D eigenvalue weighted by atomic mass is 9.89. The second-order valence-corrected chi connectivity index (χ2v) is 7.07. The van der Waals surface area contributed by atoms with E-state index < -0.39 is 0 Å². The molecule has 2 aliphatic rings. The summed E-state index contributed by atoms with van der Waals surface area (Å²) in [7, 11) is 0. The second-order valence-electron chi connectivity index (χ2n) is 7.07. The van der Waals surface area contributed by atoms with Crippen LogP contribution < -0.4 is 10.2 Å². The standard InChI is InChI=1S/C18H26N6O/c1-2-5-14(6-3-1)17-22-16(25-23-17)13-21-15-7-11-24(12-8-15)18-19-9-4-10-20-18/h4,9-10,14-15,21H,1-3,5-8,11-13H2. The van der Waals surface area contributed by atoms with E-state index in [1.807, 2.05) is 6.07 Å². The van der Waals surface area contributed by atoms with Gasteiger partial charge in [-0.2, -0.15) is 4.98 Å². The summed E-state index contributed by atoms with van der Waals surface area (Å²) in [6.45, 7) is 2.60. The van der Waals surface area contributed by atoms with Crippen molar-refractivity contribution in [1.82, 2.24) is 25.4 Å². The highest BCUT2D eigenvalue weighted by Gasteiger charge is 2.23. The summed E-state index contributed by atoms with van der Waals surface area (Å²) < 4.78 is 5.45. The minimum Gasteiger partial charge on any atom is -0.341 e. The average molecular weight is 342 g/mol. The van der Waals surface area contributed by atoms with Crippen molar-refractivity contribution < 1.29 is 4.52 Å². The fourth-order valence-electron chi connectivity index (χ4n) is 3.84. The summed E-state index contributed by atoms with van der Waals surface area (Å²) in [6, 6.07) is 2.33. The number of nitrogens with one attached hydrogen (secondary N) is 1. The van der Waals surface area contributed by atoms with Gasteiger partial charge in [-0.15, -0.1) is 0 Å². The lowest BCUT2D eigenvalue weighted by Gasteiger charge is -2.32. The number of nitrogens with zero attached hydrogens (tertiary/aromatic N) is 5. The molecule has 1 aliphatic heterocycles. The summed E-state index contributed by atoms with van der Waals surface area (Å²) in [5.74, 6) is 2.96. The molecule has 0 unspecified atom stereocenters. The molecule has 134 valence electrons. The first-order chi connectivity index (χ1) is 12.4. The van der Waals surface area contributed by atoms with Gasteiger partial charge in [-0.05, 0) is 31.7 Å². The van der Waals surface area contributed by atoms with Crippen LogP contribution in [0.25, 0.3) is 0 Å². The predicted octanol–water partition coefficient (Wildman–Crippen LogP) is 2.67. The van der Waals surface area contributed by atoms with Gasteiger partial charge < -0.3 is 14.7 Å². The van der Waals surface area contributed by atoms with E-state index in [-0.39, 0.29) is 0 Å². The highest BCUT2D eigenvalue weighted by Crippen LogP contribution is 2.30. The van der Waals surface area contributed by atoms with Crippen molar-refractivity contribution in [3.05, 3.63) is 30.2 Å². The molecule has 1 aliphatic carbocycles. The van der Waals surface area contributed by atoms with Crippen LogP contribution in [-0.4, -0.2) is 39.2 Å². The highest BCUT2D eigenvalue weighted by atomic mass is 16.5. The van der Waals surface area contributed by atoms with E-state index in [1.54, 1.807) is 12.4 Å². The number of anilines is 1. The lowest BCUT2D eigenvalue weighted by Crippen LogP contribution is -2.42. The van der Waals surface area contributed by atoms with Crippen LogP contribution in [0.5, 0.6) is 0 Å². The van der Waals surface area contributed by atoms with Crippen LogP contribution in [0.2, 0.25) is 0 Å². The van der Waals surface area contributed by atoms with Gasteiger partial charge in [-0.3, -0.25) is 0 Å². The van der Waals surface area contributed by atoms with Crippen molar-refractivity contribution in [3.8, 4) is 0 Å². The van der Waals surface area contributed by atoms with Crippen LogP contribution >= 0.6 is 0 Å². The predicted molar refractivity (Wildman–Crippen MR) is 94.2 cm³/mol. The molecule has 2 aromatic rings. The molecule has 2 fully saturated rings. The third-order valence-electron chi connectivity index (χ3n) is 5.33. The Morgan fingerprint density at radius 1 is 1.04 bits per heavy atom. The zero-order chi connectivity index (χ0) is 16.9. The number of rotatable bonds is 5. The molecule has 0 amide bonds. The van der Waals surface area contributed by atoms with Crippen molar-refractivity contribution in [3.63, 3.8) is 0 Å². The Hall–Kier alpha value is -2.02. The van der Waals surface area contributed by atoms with Crippen molar-refractivity contribution >= 4 is 5.95 Å². The quantitative estimate of drug-likeness (QED) is 0.894. The van der Waals surface area contributed by atoms with Gasteiger partial charge in [0.2, 0.25) is 11.8 Å². The van der Waals surface area contributed by atoms with Gasteiger partial charge in [-0.25, -0.2) is 9.97 Å². The minimum atomic E-state index is 0.477. The molecule has 1 N–H and O–H groups in total. The molecule has 3 heterocycles. The number of piperidine rings is 1. The molecule has 0 radical (unpaired) electrons. The molecule has 0 atom stereocenters. The van der Waals surface area contributed by atoms with Crippen LogP contribution in [0, 0.1) is 0 Å². The van der Waals surface area contributed by atoms with Gasteiger partial charge in [0, 0.05) is 37.4 Å². The summed E-state index contributed by atoms with van der Waals surface area (Å²) in [5.41, 5.74) is 0. The van der Waals surface area contributed by atoms with E-state index in [0.29, 0.717) is 18.5 Å². The van der Waals surface area contributed by atoms with Gasteiger partial charge in [-0.1, -0.05) is 24.4 Å². The highest BCUT2D eigenvalue weighted by molar-refractivity contribution is 5.29. The molecule has 1 saturated heterocycles. The lowest BCUT2D eigenvalue weighted by molar-refractivity contribution is 0.332. The Morgan fingerprint density at radius 3 is 2.56 bits per heavy atom. The second kappa shape index (κ2) is 7.91. The molecule has 2 aromatic heterocycles. The van der Waals surface area contributed by atoms with Crippen LogP contribution in [-0.2, 0) is 6.54 Å². The van der Waals surface area contributed by atoms with Crippen molar-refractivity contribution in [2.75, 3.05) is 18.0 Å². The maximum atomic E-state index is 5.45. The van der Waals surface area contributed by atoms with E-state index in [2.05, 4.69) is 30.3 Å². The molecule has 7 heteroatoms. The van der Waals surface area contributed by atoms with E-state index in [9.17, 15) is 0 Å². The molecule has 1 saturated carbocycles. The van der Waals surface area contributed by atoms with E-state index in [1.165, 1.54) is 32.1 Å². The Morgan fingerprint density at radius 2 is 1.80 bits per heavy atom. The van der Waals surface area contributed by atoms with E-state index >= 15 is 0 Å². The maximum absolute atomic E-state index is 5.45. The molecule has 0 bridgehead atoms. The molecular formula is C18H26N6O. The largest absolute Gasteiger partial charge is 0.341 e. The molecule has 4 rings (SSSR count). The smallest absolute Gasteiger partial charge is 0.240 e. The van der Waals surface area contributed by atoms with Gasteiger partial charge in [0.25, 0.3) is 0 Å². The third kappa shape index (κ3) is 4.15. The fraction of sp³-hybridized carbons (Fsp3) is 0.667. The minimum absolute atomic E-state index is 0.477. The van der Waals surface area contributed by atoms with E-state index in [4.69, 9.17) is 4.52 Å². The number of hydrogen-bond donors (Lipinski definition) is 1. The number of aromatic nitrogens is 4. The van der Waals surface area contributed by atoms with Gasteiger partial charge in [0.05, 0.1) is 6.54 Å². The fourth-order valence-corrected chi connectivity index (χ4v) is 3.84. The molecule has 0 spiro atoms. The van der Waals surface area contributed by atoms with Crippen LogP contribution in [0.15, 0.2) is 23.0 Å². The maximum Gasteiger partial charge on any atom is 0.240 e. The normalized spacial score (nSPS) is 20.1. The van der Waals surface area contributed by atoms with Crippen molar-refractivity contribution in [1.29, 1.82) is 0 Å². The third-order valence-corrected chi connectivity index (χ3v) is 5.33. The Bertz CT molecular complexity index is 647. The summed E-state index contributed by atoms with van der Waals surface area (Å²) >= 11 is 0. The first kappa shape index (κ1) is 16.4. The van der Waals surface area contributed by atoms with Gasteiger partial charge in [0.15, 0.2) is 5.82 Å².